The molecule has 1 aliphatic heterocycles. The van der Waals surface area contributed by atoms with Crippen LogP contribution >= 0.6 is 0 Å². The first-order valence-electron chi connectivity index (χ1n) is 8.43. The summed E-state index contributed by atoms with van der Waals surface area (Å²) in [5.41, 5.74) is 15.5. The maximum atomic E-state index is 5.95. The summed E-state index contributed by atoms with van der Waals surface area (Å²) in [6, 6.07) is 8.66. The zero-order chi connectivity index (χ0) is 16.7. The molecule has 24 heavy (non-hydrogen) atoms. The number of fused-ring (bicyclic) bond motifs is 1. The fourth-order valence-corrected chi connectivity index (χ4v) is 3.60. The van der Waals surface area contributed by atoms with Crippen molar-refractivity contribution in [3.63, 3.8) is 0 Å². The molecule has 2 aromatic rings. The lowest BCUT2D eigenvalue weighted by molar-refractivity contribution is 0.345. The average Bonchev–Trinajstić information content (AvgIpc) is 2.57. The molecule has 1 aromatic heterocycles. The molecule has 1 fully saturated rings. The maximum absolute atomic E-state index is 5.95. The monoisotopic (exact) mass is 325 g/mol. The highest BCUT2D eigenvalue weighted by Gasteiger charge is 2.29. The minimum Gasteiger partial charge on any atom is -0.497 e. The van der Waals surface area contributed by atoms with Crippen LogP contribution in [-0.4, -0.2) is 29.7 Å². The molecule has 0 radical (unpaired) electrons. The van der Waals surface area contributed by atoms with Crippen LogP contribution in [0.4, 0.5) is 11.8 Å². The quantitative estimate of drug-likeness (QED) is 0.895. The molecular weight excluding hydrogens is 302 g/mol. The largest absolute Gasteiger partial charge is 0.497 e. The number of aromatic nitrogens is 2. The van der Waals surface area contributed by atoms with Crippen molar-refractivity contribution in [1.29, 1.82) is 0 Å². The molecule has 0 amide bonds. The summed E-state index contributed by atoms with van der Waals surface area (Å²) in [5, 5.41) is 0. The van der Waals surface area contributed by atoms with Crippen molar-refractivity contribution >= 4 is 11.8 Å². The summed E-state index contributed by atoms with van der Waals surface area (Å²) in [5.74, 6) is 2.60. The van der Waals surface area contributed by atoms with Crippen LogP contribution in [0.3, 0.4) is 0 Å². The van der Waals surface area contributed by atoms with Crippen molar-refractivity contribution < 1.29 is 4.74 Å². The Bertz CT molecular complexity index is 757. The third-order valence-corrected chi connectivity index (χ3v) is 5.09. The first-order chi connectivity index (χ1) is 11.6. The first-order valence-corrected chi connectivity index (χ1v) is 8.43. The van der Waals surface area contributed by atoms with E-state index in [0.29, 0.717) is 17.9 Å². The lowest BCUT2D eigenvalue weighted by Gasteiger charge is -2.34. The molecule has 0 atom stereocenters. The van der Waals surface area contributed by atoms with Gasteiger partial charge in [0, 0.05) is 31.1 Å². The van der Waals surface area contributed by atoms with E-state index < -0.39 is 0 Å². The molecule has 0 bridgehead atoms. The lowest BCUT2D eigenvalue weighted by atomic mass is 9.78. The number of ether oxygens (including phenoxy) is 1. The van der Waals surface area contributed by atoms with Crippen molar-refractivity contribution in [2.75, 3.05) is 24.3 Å². The second-order valence-corrected chi connectivity index (χ2v) is 6.74. The van der Waals surface area contributed by atoms with Crippen LogP contribution in [0.1, 0.15) is 35.6 Å². The second kappa shape index (κ2) is 5.94. The van der Waals surface area contributed by atoms with Gasteiger partial charge >= 0.3 is 0 Å². The van der Waals surface area contributed by atoms with E-state index in [1.54, 1.807) is 7.11 Å². The molecule has 126 valence electrons. The van der Waals surface area contributed by atoms with Gasteiger partial charge in [0.25, 0.3) is 0 Å². The molecule has 4 rings (SSSR count). The van der Waals surface area contributed by atoms with Gasteiger partial charge < -0.3 is 21.1 Å². The van der Waals surface area contributed by atoms with Crippen LogP contribution in [0.2, 0.25) is 0 Å². The van der Waals surface area contributed by atoms with Crippen LogP contribution in [-0.2, 0) is 13.0 Å². The number of rotatable bonds is 3. The fraction of sp³-hybridized carbons (Fsp3) is 0.444. The van der Waals surface area contributed by atoms with Crippen LogP contribution in [0.25, 0.3) is 0 Å². The Hall–Kier alpha value is -2.34. The number of nitrogens with zero attached hydrogens (tertiary/aromatic N) is 3. The Morgan fingerprint density at radius 3 is 2.75 bits per heavy atom. The minimum atomic E-state index is 0.298. The second-order valence-electron chi connectivity index (χ2n) is 6.74. The smallest absolute Gasteiger partial charge is 0.222 e. The molecule has 2 aliphatic rings. The van der Waals surface area contributed by atoms with Crippen molar-refractivity contribution in [1.82, 2.24) is 9.97 Å². The Morgan fingerprint density at radius 1 is 1.17 bits per heavy atom. The molecule has 0 unspecified atom stereocenters. The van der Waals surface area contributed by atoms with E-state index in [1.807, 2.05) is 6.07 Å². The van der Waals surface area contributed by atoms with Gasteiger partial charge in [0.1, 0.15) is 11.6 Å². The SMILES string of the molecule is COc1ccc2c(c1)CCN(c1cc(C3CC(N)C3)nc(N)n1)C2. The van der Waals surface area contributed by atoms with E-state index in [4.69, 9.17) is 16.2 Å². The number of hydrogen-bond acceptors (Lipinski definition) is 6. The van der Waals surface area contributed by atoms with Gasteiger partial charge in [-0.15, -0.1) is 0 Å². The Balaban J connectivity index is 1.58. The number of methoxy groups -OCH3 is 1. The zero-order valence-corrected chi connectivity index (χ0v) is 13.9. The molecule has 2 heterocycles. The molecule has 1 aliphatic carbocycles. The highest BCUT2D eigenvalue weighted by molar-refractivity contribution is 5.49. The molecule has 6 nitrogen and oxygen atoms in total. The van der Waals surface area contributed by atoms with Gasteiger partial charge in [-0.2, -0.15) is 4.98 Å². The number of hydrogen-bond donors (Lipinski definition) is 2. The van der Waals surface area contributed by atoms with Gasteiger partial charge in [0.2, 0.25) is 5.95 Å². The summed E-state index contributed by atoms with van der Waals surface area (Å²) < 4.78 is 5.32. The Labute approximate surface area is 141 Å². The molecule has 0 saturated heterocycles. The van der Waals surface area contributed by atoms with Crippen LogP contribution in [0.5, 0.6) is 5.75 Å². The predicted octanol–water partition coefficient (Wildman–Crippen LogP) is 1.83. The van der Waals surface area contributed by atoms with Gasteiger partial charge in [-0.25, -0.2) is 4.98 Å². The van der Waals surface area contributed by atoms with E-state index in [2.05, 4.69) is 33.1 Å². The van der Waals surface area contributed by atoms with E-state index in [9.17, 15) is 0 Å². The van der Waals surface area contributed by atoms with Crippen molar-refractivity contribution in [3.05, 3.63) is 41.1 Å². The highest BCUT2D eigenvalue weighted by Crippen LogP contribution is 2.36. The number of anilines is 2. The summed E-state index contributed by atoms with van der Waals surface area (Å²) in [6.45, 7) is 1.75. The van der Waals surface area contributed by atoms with Gasteiger partial charge in [0.15, 0.2) is 0 Å². The topological polar surface area (TPSA) is 90.3 Å². The Kier molecular flexibility index (Phi) is 3.76. The summed E-state index contributed by atoms with van der Waals surface area (Å²) in [4.78, 5) is 11.2. The third-order valence-electron chi connectivity index (χ3n) is 5.09. The van der Waals surface area contributed by atoms with E-state index in [0.717, 1.165) is 49.6 Å². The van der Waals surface area contributed by atoms with Crippen LogP contribution < -0.4 is 21.1 Å². The number of benzene rings is 1. The van der Waals surface area contributed by atoms with E-state index in [-0.39, 0.29) is 0 Å². The highest BCUT2D eigenvalue weighted by atomic mass is 16.5. The predicted molar refractivity (Wildman–Crippen MR) is 94.1 cm³/mol. The minimum absolute atomic E-state index is 0.298. The maximum Gasteiger partial charge on any atom is 0.222 e. The fourth-order valence-electron chi connectivity index (χ4n) is 3.60. The molecule has 6 heteroatoms. The van der Waals surface area contributed by atoms with Crippen molar-refractivity contribution in [2.45, 2.75) is 37.8 Å². The van der Waals surface area contributed by atoms with E-state index in [1.165, 1.54) is 11.1 Å². The zero-order valence-electron chi connectivity index (χ0n) is 13.9. The number of nitrogen functional groups attached to an aromatic ring is 1. The van der Waals surface area contributed by atoms with Gasteiger partial charge in [-0.05, 0) is 42.5 Å². The van der Waals surface area contributed by atoms with Crippen LogP contribution in [0.15, 0.2) is 24.3 Å². The standard InChI is InChI=1S/C18H23N5O/c1-24-15-3-2-12-10-23(5-4-11(12)8-15)17-9-16(21-18(20)22-17)13-6-14(19)7-13/h2-3,8-9,13-14H,4-7,10,19H2,1H3,(H2,20,21,22). The van der Waals surface area contributed by atoms with Gasteiger partial charge in [-0.1, -0.05) is 6.07 Å². The molecule has 1 aromatic carbocycles. The average molecular weight is 325 g/mol. The third kappa shape index (κ3) is 2.78. The van der Waals surface area contributed by atoms with Gasteiger partial charge in [0.05, 0.1) is 12.8 Å². The molecule has 0 spiro atoms. The molecular formula is C18H23N5O. The van der Waals surface area contributed by atoms with Crippen LogP contribution in [0, 0.1) is 0 Å². The Morgan fingerprint density at radius 2 is 2.00 bits per heavy atom. The summed E-state index contributed by atoms with van der Waals surface area (Å²) in [7, 11) is 1.70. The molecule has 4 N–H and O–H groups in total. The van der Waals surface area contributed by atoms with Crippen molar-refractivity contribution in [3.8, 4) is 5.75 Å². The summed E-state index contributed by atoms with van der Waals surface area (Å²) in [6.07, 6.45) is 2.94. The number of nitrogens with two attached hydrogens (primary N) is 2. The van der Waals surface area contributed by atoms with Gasteiger partial charge in [-0.3, -0.25) is 0 Å². The molecule has 1 saturated carbocycles. The lowest BCUT2D eigenvalue weighted by Crippen LogP contribution is -2.36. The first kappa shape index (κ1) is 15.2. The van der Waals surface area contributed by atoms with E-state index >= 15 is 0 Å². The normalized spacial score (nSPS) is 22.7. The van der Waals surface area contributed by atoms with Crippen molar-refractivity contribution in [2.24, 2.45) is 5.73 Å². The summed E-state index contributed by atoms with van der Waals surface area (Å²) >= 11 is 0.